The first-order chi connectivity index (χ1) is 12.2. The van der Waals surface area contributed by atoms with Crippen LogP contribution in [-0.4, -0.2) is 17.5 Å². The van der Waals surface area contributed by atoms with E-state index >= 15 is 0 Å². The fraction of sp³-hybridized carbons (Fsp3) is 0.263. The summed E-state index contributed by atoms with van der Waals surface area (Å²) in [5.41, 5.74) is 3.03. The number of benzene rings is 1. The Kier molecular flexibility index (Phi) is 6.33. The lowest BCUT2D eigenvalue weighted by Crippen LogP contribution is -2.24. The second-order valence-corrected chi connectivity index (χ2v) is 7.33. The number of ether oxygens (including phenoxy) is 1. The van der Waals surface area contributed by atoms with Gasteiger partial charge in [0.15, 0.2) is 0 Å². The van der Waals surface area contributed by atoms with Gasteiger partial charge in [0, 0.05) is 18.5 Å². The predicted octanol–water partition coefficient (Wildman–Crippen LogP) is 4.27. The third-order valence-corrected chi connectivity index (χ3v) is 5.54. The number of nitrogens with one attached hydrogen (secondary N) is 1. The minimum Gasteiger partial charge on any atom is -0.377 e. The van der Waals surface area contributed by atoms with Gasteiger partial charge in [-0.2, -0.15) is 0 Å². The Morgan fingerprint density at radius 2 is 1.96 bits per heavy atom. The quantitative estimate of drug-likeness (QED) is 0.642. The Labute approximate surface area is 155 Å². The second kappa shape index (κ2) is 8.89. The molecular formula is C19H20N2O2S2. The average molecular weight is 373 g/mol. The van der Waals surface area contributed by atoms with Gasteiger partial charge in [0.05, 0.1) is 23.6 Å². The van der Waals surface area contributed by atoms with Crippen molar-refractivity contribution < 1.29 is 9.53 Å². The van der Waals surface area contributed by atoms with Gasteiger partial charge in [0.25, 0.3) is 0 Å². The van der Waals surface area contributed by atoms with Crippen molar-refractivity contribution in [2.75, 3.05) is 6.61 Å². The van der Waals surface area contributed by atoms with E-state index in [1.54, 1.807) is 22.7 Å². The van der Waals surface area contributed by atoms with E-state index in [1.165, 1.54) is 0 Å². The largest absolute Gasteiger partial charge is 0.377 e. The highest BCUT2D eigenvalue weighted by molar-refractivity contribution is 7.20. The summed E-state index contributed by atoms with van der Waals surface area (Å²) in [5, 5.41) is 7.91. The van der Waals surface area contributed by atoms with Crippen molar-refractivity contribution in [3.63, 3.8) is 0 Å². The summed E-state index contributed by atoms with van der Waals surface area (Å²) in [7, 11) is 0. The molecule has 0 fully saturated rings. The number of rotatable bonds is 8. The molecule has 3 rings (SSSR count). The van der Waals surface area contributed by atoms with Crippen LogP contribution in [0.1, 0.15) is 23.7 Å². The van der Waals surface area contributed by atoms with Crippen LogP contribution in [0.5, 0.6) is 0 Å². The number of aromatic nitrogens is 1. The van der Waals surface area contributed by atoms with E-state index in [0.29, 0.717) is 26.2 Å². The molecule has 0 saturated carbocycles. The van der Waals surface area contributed by atoms with E-state index in [-0.39, 0.29) is 5.91 Å². The molecule has 0 aliphatic heterocycles. The van der Waals surface area contributed by atoms with Gasteiger partial charge in [0.2, 0.25) is 5.91 Å². The molecule has 3 aromatic rings. The molecule has 2 heterocycles. The minimum atomic E-state index is -0.0126. The van der Waals surface area contributed by atoms with E-state index in [4.69, 9.17) is 4.74 Å². The molecule has 25 heavy (non-hydrogen) atoms. The Balaban J connectivity index is 1.48. The van der Waals surface area contributed by atoms with Crippen LogP contribution < -0.4 is 5.32 Å². The van der Waals surface area contributed by atoms with Gasteiger partial charge in [-0.15, -0.1) is 22.7 Å². The number of amides is 1. The smallest absolute Gasteiger partial charge is 0.226 e. The van der Waals surface area contributed by atoms with E-state index < -0.39 is 0 Å². The average Bonchev–Trinajstić information content (AvgIpc) is 3.30. The molecule has 1 amide bonds. The first-order valence-corrected chi connectivity index (χ1v) is 9.91. The lowest BCUT2D eigenvalue weighted by Gasteiger charge is -2.06. The van der Waals surface area contributed by atoms with Crippen molar-refractivity contribution in [3.8, 4) is 9.88 Å². The number of carbonyl (C=O) groups is 1. The molecule has 1 N–H and O–H groups in total. The first kappa shape index (κ1) is 17.8. The molecule has 0 aliphatic rings. The third kappa shape index (κ3) is 5.22. The van der Waals surface area contributed by atoms with Gasteiger partial charge < -0.3 is 10.1 Å². The number of nitrogens with zero attached hydrogens (tertiary/aromatic N) is 1. The molecule has 0 radical (unpaired) electrons. The zero-order valence-corrected chi connectivity index (χ0v) is 15.7. The Morgan fingerprint density at radius 3 is 2.68 bits per heavy atom. The van der Waals surface area contributed by atoms with Crippen LogP contribution in [0.3, 0.4) is 0 Å². The first-order valence-electron chi connectivity index (χ1n) is 8.15. The highest BCUT2D eigenvalue weighted by Crippen LogP contribution is 2.27. The minimum absolute atomic E-state index is 0.0126. The standard InChI is InChI=1S/C19H20N2O2S2/c1-2-23-12-15-7-5-14(6-8-15)11-20-18(22)10-16-13-25-19(21-16)17-4-3-9-24-17/h3-9,13H,2,10-12H2,1H3,(H,20,22). The van der Waals surface area contributed by atoms with Gasteiger partial charge >= 0.3 is 0 Å². The molecule has 2 aromatic heterocycles. The Bertz CT molecular complexity index is 795. The monoisotopic (exact) mass is 372 g/mol. The topological polar surface area (TPSA) is 51.2 Å². The molecule has 0 bridgehead atoms. The maximum absolute atomic E-state index is 12.1. The summed E-state index contributed by atoms with van der Waals surface area (Å²) < 4.78 is 5.38. The number of thiazole rings is 1. The molecule has 0 unspecified atom stereocenters. The van der Waals surface area contributed by atoms with Crippen molar-refractivity contribution >= 4 is 28.6 Å². The van der Waals surface area contributed by atoms with Crippen LogP contribution in [0.2, 0.25) is 0 Å². The van der Waals surface area contributed by atoms with Crippen LogP contribution in [0.15, 0.2) is 47.2 Å². The molecular weight excluding hydrogens is 352 g/mol. The molecule has 0 aliphatic carbocycles. The summed E-state index contributed by atoms with van der Waals surface area (Å²) in [6.07, 6.45) is 0.310. The molecule has 0 spiro atoms. The van der Waals surface area contributed by atoms with Crippen LogP contribution in [0.25, 0.3) is 9.88 Å². The van der Waals surface area contributed by atoms with E-state index in [2.05, 4.69) is 10.3 Å². The molecule has 4 nitrogen and oxygen atoms in total. The van der Waals surface area contributed by atoms with Crippen molar-refractivity contribution in [2.45, 2.75) is 26.5 Å². The highest BCUT2D eigenvalue weighted by Gasteiger charge is 2.09. The van der Waals surface area contributed by atoms with Gasteiger partial charge in [-0.05, 0) is 29.5 Å². The van der Waals surface area contributed by atoms with E-state index in [9.17, 15) is 4.79 Å². The lowest BCUT2D eigenvalue weighted by molar-refractivity contribution is -0.120. The highest BCUT2D eigenvalue weighted by atomic mass is 32.1. The van der Waals surface area contributed by atoms with Crippen LogP contribution in [-0.2, 0) is 29.1 Å². The van der Waals surface area contributed by atoms with Crippen molar-refractivity contribution in [1.82, 2.24) is 10.3 Å². The summed E-state index contributed by atoms with van der Waals surface area (Å²) in [6, 6.07) is 12.2. The van der Waals surface area contributed by atoms with E-state index in [1.807, 2.05) is 54.1 Å². The number of carbonyl (C=O) groups excluding carboxylic acids is 1. The lowest BCUT2D eigenvalue weighted by atomic mass is 10.1. The molecule has 0 atom stereocenters. The molecule has 0 saturated heterocycles. The summed E-state index contributed by atoms with van der Waals surface area (Å²) in [5.74, 6) is -0.0126. The normalized spacial score (nSPS) is 10.8. The van der Waals surface area contributed by atoms with Gasteiger partial charge in [-0.3, -0.25) is 4.79 Å². The third-order valence-electron chi connectivity index (χ3n) is 3.61. The Morgan fingerprint density at radius 1 is 1.16 bits per heavy atom. The maximum atomic E-state index is 12.1. The van der Waals surface area contributed by atoms with Crippen molar-refractivity contribution in [2.24, 2.45) is 0 Å². The summed E-state index contributed by atoms with van der Waals surface area (Å²) in [4.78, 5) is 17.8. The summed E-state index contributed by atoms with van der Waals surface area (Å²) in [6.45, 7) is 3.84. The fourth-order valence-electron chi connectivity index (χ4n) is 2.30. The zero-order chi connectivity index (χ0) is 17.5. The molecule has 6 heteroatoms. The SMILES string of the molecule is CCOCc1ccc(CNC(=O)Cc2csc(-c3cccs3)n2)cc1. The van der Waals surface area contributed by atoms with E-state index in [0.717, 1.165) is 26.7 Å². The predicted molar refractivity (Wildman–Crippen MR) is 103 cm³/mol. The van der Waals surface area contributed by atoms with Crippen LogP contribution in [0, 0.1) is 0 Å². The number of hydrogen-bond acceptors (Lipinski definition) is 5. The Hall–Kier alpha value is -2.02. The van der Waals surface area contributed by atoms with Crippen molar-refractivity contribution in [3.05, 3.63) is 64.0 Å². The zero-order valence-electron chi connectivity index (χ0n) is 14.0. The summed E-state index contributed by atoms with van der Waals surface area (Å²) >= 11 is 3.24. The molecule has 1 aromatic carbocycles. The number of hydrogen-bond donors (Lipinski definition) is 1. The van der Waals surface area contributed by atoms with Gasteiger partial charge in [0.1, 0.15) is 5.01 Å². The van der Waals surface area contributed by atoms with Crippen LogP contribution >= 0.6 is 22.7 Å². The van der Waals surface area contributed by atoms with Gasteiger partial charge in [-0.1, -0.05) is 30.3 Å². The van der Waals surface area contributed by atoms with Crippen LogP contribution in [0.4, 0.5) is 0 Å². The maximum Gasteiger partial charge on any atom is 0.226 e. The van der Waals surface area contributed by atoms with Crippen molar-refractivity contribution in [1.29, 1.82) is 0 Å². The molecule has 130 valence electrons. The fourth-order valence-corrected chi connectivity index (χ4v) is 3.94. The second-order valence-electron chi connectivity index (χ2n) is 5.53. The van der Waals surface area contributed by atoms with Gasteiger partial charge in [-0.25, -0.2) is 4.98 Å². The number of thiophene rings is 1.